The van der Waals surface area contributed by atoms with E-state index in [0.29, 0.717) is 6.04 Å². The van der Waals surface area contributed by atoms with Gasteiger partial charge in [-0.1, -0.05) is 26.7 Å². The molecule has 14 heavy (non-hydrogen) atoms. The van der Waals surface area contributed by atoms with Gasteiger partial charge in [0.25, 0.3) is 0 Å². The lowest BCUT2D eigenvalue weighted by molar-refractivity contribution is 0.462. The molecule has 0 aromatic carbocycles. The first-order valence-electron chi connectivity index (χ1n) is 5.50. The van der Waals surface area contributed by atoms with Gasteiger partial charge in [-0.05, 0) is 13.0 Å². The normalized spacial score (nSPS) is 13.1. The van der Waals surface area contributed by atoms with E-state index < -0.39 is 0 Å². The van der Waals surface area contributed by atoms with E-state index >= 15 is 0 Å². The number of hydrogen-bond donors (Lipinski definition) is 1. The maximum Gasteiger partial charge on any atom is 0.125 e. The first-order valence-corrected chi connectivity index (χ1v) is 5.50. The van der Waals surface area contributed by atoms with Crippen molar-refractivity contribution in [2.45, 2.75) is 39.2 Å². The smallest absolute Gasteiger partial charge is 0.125 e. The zero-order chi connectivity index (χ0) is 10.4. The summed E-state index contributed by atoms with van der Waals surface area (Å²) in [7, 11) is 2.05. The molecule has 1 heterocycles. The Balaban J connectivity index is 2.62. The van der Waals surface area contributed by atoms with Crippen molar-refractivity contribution in [2.24, 2.45) is 7.05 Å². The third-order valence-electron chi connectivity index (χ3n) is 2.47. The Morgan fingerprint density at radius 2 is 2.29 bits per heavy atom. The van der Waals surface area contributed by atoms with Gasteiger partial charge >= 0.3 is 0 Å². The van der Waals surface area contributed by atoms with Crippen LogP contribution in [0.4, 0.5) is 0 Å². The van der Waals surface area contributed by atoms with Crippen LogP contribution in [0.1, 0.15) is 45.0 Å². The molecule has 0 aliphatic carbocycles. The second-order valence-corrected chi connectivity index (χ2v) is 3.65. The molecule has 0 aliphatic heterocycles. The molecule has 0 saturated carbocycles. The molecule has 80 valence electrons. The van der Waals surface area contributed by atoms with Crippen LogP contribution in [0.25, 0.3) is 0 Å². The van der Waals surface area contributed by atoms with Crippen molar-refractivity contribution in [1.29, 1.82) is 0 Å². The summed E-state index contributed by atoms with van der Waals surface area (Å²) in [6, 6.07) is 0.417. The molecular formula is C11H21N3. The van der Waals surface area contributed by atoms with Crippen molar-refractivity contribution >= 4 is 0 Å². The number of aromatic nitrogens is 2. The predicted octanol–water partition coefficient (Wildman–Crippen LogP) is 2.26. The predicted molar refractivity (Wildman–Crippen MR) is 59.2 cm³/mol. The third kappa shape index (κ3) is 2.84. The Kier molecular flexibility index (Phi) is 4.66. The summed E-state index contributed by atoms with van der Waals surface area (Å²) >= 11 is 0. The van der Waals surface area contributed by atoms with Crippen LogP contribution in [-0.2, 0) is 7.05 Å². The highest BCUT2D eigenvalue weighted by molar-refractivity contribution is 4.98. The van der Waals surface area contributed by atoms with Crippen molar-refractivity contribution in [1.82, 2.24) is 14.9 Å². The fourth-order valence-electron chi connectivity index (χ4n) is 1.69. The largest absolute Gasteiger partial charge is 0.337 e. The molecule has 1 rings (SSSR count). The summed E-state index contributed by atoms with van der Waals surface area (Å²) in [6.45, 7) is 5.37. The average molecular weight is 195 g/mol. The van der Waals surface area contributed by atoms with Gasteiger partial charge in [-0.2, -0.15) is 0 Å². The van der Waals surface area contributed by atoms with Crippen LogP contribution in [0.5, 0.6) is 0 Å². The van der Waals surface area contributed by atoms with Crippen molar-refractivity contribution in [3.05, 3.63) is 18.2 Å². The number of aryl methyl sites for hydroxylation is 1. The third-order valence-corrected chi connectivity index (χ3v) is 2.47. The zero-order valence-electron chi connectivity index (χ0n) is 9.45. The number of imidazole rings is 1. The summed E-state index contributed by atoms with van der Waals surface area (Å²) in [6.07, 6.45) is 7.54. The van der Waals surface area contributed by atoms with Crippen LogP contribution in [0.3, 0.4) is 0 Å². The Hall–Kier alpha value is -0.830. The lowest BCUT2D eigenvalue weighted by Gasteiger charge is -2.17. The van der Waals surface area contributed by atoms with E-state index in [9.17, 15) is 0 Å². The van der Waals surface area contributed by atoms with E-state index in [0.717, 1.165) is 12.4 Å². The highest BCUT2D eigenvalue weighted by Crippen LogP contribution is 2.16. The molecule has 0 saturated heterocycles. The van der Waals surface area contributed by atoms with E-state index in [1.807, 2.05) is 12.4 Å². The molecule has 0 fully saturated rings. The standard InChI is InChI=1S/C11H21N3/c1-4-6-7-10(12-5-2)11-13-8-9-14(11)3/h8-10,12H,4-7H2,1-3H3. The summed E-state index contributed by atoms with van der Waals surface area (Å²) < 4.78 is 2.10. The molecule has 0 bridgehead atoms. The average Bonchev–Trinajstić information content (AvgIpc) is 2.59. The fraction of sp³-hybridized carbons (Fsp3) is 0.727. The van der Waals surface area contributed by atoms with Gasteiger partial charge in [-0.15, -0.1) is 0 Å². The lowest BCUT2D eigenvalue weighted by atomic mass is 10.1. The highest BCUT2D eigenvalue weighted by atomic mass is 15.1. The molecule has 1 aromatic heterocycles. The molecule has 1 N–H and O–H groups in total. The van der Waals surface area contributed by atoms with Gasteiger partial charge in [0.2, 0.25) is 0 Å². The highest BCUT2D eigenvalue weighted by Gasteiger charge is 2.13. The zero-order valence-corrected chi connectivity index (χ0v) is 9.45. The van der Waals surface area contributed by atoms with Crippen LogP contribution in [0.2, 0.25) is 0 Å². The van der Waals surface area contributed by atoms with Gasteiger partial charge in [0.05, 0.1) is 6.04 Å². The van der Waals surface area contributed by atoms with Crippen molar-refractivity contribution < 1.29 is 0 Å². The first kappa shape index (κ1) is 11.2. The minimum Gasteiger partial charge on any atom is -0.337 e. The van der Waals surface area contributed by atoms with Crippen molar-refractivity contribution in [2.75, 3.05) is 6.54 Å². The minimum absolute atomic E-state index is 0.417. The topological polar surface area (TPSA) is 29.9 Å². The first-order chi connectivity index (χ1) is 6.79. The van der Waals surface area contributed by atoms with E-state index in [1.54, 1.807) is 0 Å². The Morgan fingerprint density at radius 1 is 1.50 bits per heavy atom. The van der Waals surface area contributed by atoms with Gasteiger partial charge in [-0.25, -0.2) is 4.98 Å². The molecule has 1 atom stereocenters. The van der Waals surface area contributed by atoms with Gasteiger partial charge in [-0.3, -0.25) is 0 Å². The molecule has 3 heteroatoms. The number of unbranched alkanes of at least 4 members (excludes halogenated alkanes) is 1. The number of rotatable bonds is 6. The second-order valence-electron chi connectivity index (χ2n) is 3.65. The van der Waals surface area contributed by atoms with Crippen LogP contribution in [0, 0.1) is 0 Å². The van der Waals surface area contributed by atoms with Gasteiger partial charge in [0, 0.05) is 19.4 Å². The Morgan fingerprint density at radius 3 is 2.79 bits per heavy atom. The SMILES string of the molecule is CCCCC(NCC)c1nccn1C. The Labute approximate surface area is 86.5 Å². The molecule has 0 amide bonds. The van der Waals surface area contributed by atoms with E-state index in [2.05, 4.69) is 35.8 Å². The van der Waals surface area contributed by atoms with E-state index in [1.165, 1.54) is 19.3 Å². The van der Waals surface area contributed by atoms with Gasteiger partial charge < -0.3 is 9.88 Å². The number of hydrogen-bond acceptors (Lipinski definition) is 2. The second kappa shape index (κ2) is 5.81. The summed E-state index contributed by atoms with van der Waals surface area (Å²) in [5, 5.41) is 3.48. The minimum atomic E-state index is 0.417. The van der Waals surface area contributed by atoms with Crippen LogP contribution >= 0.6 is 0 Å². The molecule has 1 aromatic rings. The van der Waals surface area contributed by atoms with Crippen LogP contribution in [0.15, 0.2) is 12.4 Å². The molecule has 0 aliphatic rings. The quantitative estimate of drug-likeness (QED) is 0.754. The monoisotopic (exact) mass is 195 g/mol. The molecule has 0 radical (unpaired) electrons. The van der Waals surface area contributed by atoms with E-state index in [4.69, 9.17) is 0 Å². The molecule has 0 spiro atoms. The Bertz CT molecular complexity index is 255. The number of nitrogens with zero attached hydrogens (tertiary/aromatic N) is 2. The lowest BCUT2D eigenvalue weighted by Crippen LogP contribution is -2.23. The number of nitrogens with one attached hydrogen (secondary N) is 1. The van der Waals surface area contributed by atoms with Gasteiger partial charge in [0.15, 0.2) is 0 Å². The molecular weight excluding hydrogens is 174 g/mol. The van der Waals surface area contributed by atoms with E-state index in [-0.39, 0.29) is 0 Å². The van der Waals surface area contributed by atoms with Crippen LogP contribution < -0.4 is 5.32 Å². The maximum absolute atomic E-state index is 4.39. The fourth-order valence-corrected chi connectivity index (χ4v) is 1.69. The van der Waals surface area contributed by atoms with Crippen molar-refractivity contribution in [3.63, 3.8) is 0 Å². The van der Waals surface area contributed by atoms with Crippen molar-refractivity contribution in [3.8, 4) is 0 Å². The van der Waals surface area contributed by atoms with Gasteiger partial charge in [0.1, 0.15) is 5.82 Å². The summed E-state index contributed by atoms with van der Waals surface area (Å²) in [5.41, 5.74) is 0. The summed E-state index contributed by atoms with van der Waals surface area (Å²) in [5.74, 6) is 1.15. The van der Waals surface area contributed by atoms with Crippen LogP contribution in [-0.4, -0.2) is 16.1 Å². The summed E-state index contributed by atoms with van der Waals surface area (Å²) in [4.78, 5) is 4.39. The molecule has 1 unspecified atom stereocenters. The maximum atomic E-state index is 4.39. The molecule has 3 nitrogen and oxygen atoms in total.